The van der Waals surface area contributed by atoms with Crippen molar-refractivity contribution in [1.82, 2.24) is 34.6 Å². The number of likely N-dealkylation sites (N-methyl/N-ethyl adjacent to an activating group) is 1. The van der Waals surface area contributed by atoms with Gasteiger partial charge in [0.05, 0.1) is 18.7 Å². The summed E-state index contributed by atoms with van der Waals surface area (Å²) in [6, 6.07) is 12.4. The highest BCUT2D eigenvalue weighted by Gasteiger charge is 2.29. The summed E-state index contributed by atoms with van der Waals surface area (Å²) in [4.78, 5) is 13.4. The fraction of sp³-hybridized carbons (Fsp3) is 0.304. The topological polar surface area (TPSA) is 71.7 Å². The lowest BCUT2D eigenvalue weighted by atomic mass is 10.1. The first kappa shape index (κ1) is 19.6. The van der Waals surface area contributed by atoms with Crippen LogP contribution in [0.2, 0.25) is 0 Å². The average Bonchev–Trinajstić information content (AvgIpc) is 3.24. The second-order valence-corrected chi connectivity index (χ2v) is 7.90. The Hall–Kier alpha value is -3.36. The van der Waals surface area contributed by atoms with Crippen LogP contribution >= 0.6 is 0 Å². The van der Waals surface area contributed by atoms with Gasteiger partial charge in [0.2, 0.25) is 5.88 Å². The number of hydrogen-bond acceptors (Lipinski definition) is 7. The number of aromatic nitrogens is 5. The molecule has 31 heavy (non-hydrogen) atoms. The SMILES string of the molecule is COc1ccc(-c2ccc3c(C4CN(Cc5cccnc5)CCN4C)nnn3c2)cn1. The number of ether oxygens (including phenoxy) is 1. The maximum atomic E-state index is 5.15. The Labute approximate surface area is 181 Å². The molecular weight excluding hydrogens is 390 g/mol. The third kappa shape index (κ3) is 3.99. The molecule has 8 nitrogen and oxygen atoms in total. The van der Waals surface area contributed by atoms with Crippen molar-refractivity contribution in [2.24, 2.45) is 0 Å². The standard InChI is InChI=1S/C23H25N7O/c1-28-10-11-29(14-17-4-3-9-24-12-17)16-21(28)23-20-7-5-19(15-30(20)27-26-23)18-6-8-22(31-2)25-13-18/h3-9,12-13,15,21H,10-11,14,16H2,1-2H3. The molecule has 0 aliphatic carbocycles. The number of fused-ring (bicyclic) bond motifs is 1. The van der Waals surface area contributed by atoms with E-state index in [0.717, 1.165) is 48.5 Å². The zero-order valence-electron chi connectivity index (χ0n) is 17.7. The summed E-state index contributed by atoms with van der Waals surface area (Å²) >= 11 is 0. The third-order valence-corrected chi connectivity index (χ3v) is 5.90. The van der Waals surface area contributed by atoms with Crippen LogP contribution in [0.4, 0.5) is 0 Å². The van der Waals surface area contributed by atoms with Crippen LogP contribution in [0.3, 0.4) is 0 Å². The Bertz CT molecular complexity index is 1160. The third-order valence-electron chi connectivity index (χ3n) is 5.90. The molecule has 0 saturated carbocycles. The van der Waals surface area contributed by atoms with Crippen LogP contribution in [0.15, 0.2) is 61.2 Å². The van der Waals surface area contributed by atoms with E-state index in [9.17, 15) is 0 Å². The lowest BCUT2D eigenvalue weighted by molar-refractivity contribution is 0.0889. The zero-order valence-corrected chi connectivity index (χ0v) is 17.7. The maximum Gasteiger partial charge on any atom is 0.212 e. The second-order valence-electron chi connectivity index (χ2n) is 7.90. The molecule has 0 amide bonds. The van der Waals surface area contributed by atoms with E-state index < -0.39 is 0 Å². The Morgan fingerprint density at radius 3 is 2.74 bits per heavy atom. The monoisotopic (exact) mass is 415 g/mol. The molecule has 5 heterocycles. The summed E-state index contributed by atoms with van der Waals surface area (Å²) in [6.07, 6.45) is 7.57. The summed E-state index contributed by atoms with van der Waals surface area (Å²) in [5, 5.41) is 8.99. The van der Waals surface area contributed by atoms with E-state index in [1.807, 2.05) is 47.5 Å². The van der Waals surface area contributed by atoms with Crippen LogP contribution < -0.4 is 4.74 Å². The minimum Gasteiger partial charge on any atom is -0.481 e. The predicted octanol–water partition coefficient (Wildman–Crippen LogP) is 2.68. The molecule has 0 bridgehead atoms. The van der Waals surface area contributed by atoms with E-state index in [1.165, 1.54) is 5.56 Å². The molecule has 0 spiro atoms. The quantitative estimate of drug-likeness (QED) is 0.496. The Kier molecular flexibility index (Phi) is 5.31. The van der Waals surface area contributed by atoms with Crippen molar-refractivity contribution in [2.45, 2.75) is 12.6 Å². The van der Waals surface area contributed by atoms with Crippen LogP contribution in [-0.4, -0.2) is 68.4 Å². The predicted molar refractivity (Wildman–Crippen MR) is 118 cm³/mol. The van der Waals surface area contributed by atoms with Crippen molar-refractivity contribution >= 4 is 5.52 Å². The van der Waals surface area contributed by atoms with Gasteiger partial charge in [0.1, 0.15) is 5.69 Å². The number of piperazine rings is 1. The molecule has 5 rings (SSSR count). The Morgan fingerprint density at radius 2 is 1.97 bits per heavy atom. The van der Waals surface area contributed by atoms with Gasteiger partial charge < -0.3 is 4.74 Å². The van der Waals surface area contributed by atoms with Crippen molar-refractivity contribution in [3.8, 4) is 17.0 Å². The van der Waals surface area contributed by atoms with E-state index in [-0.39, 0.29) is 6.04 Å². The summed E-state index contributed by atoms with van der Waals surface area (Å²) in [6.45, 7) is 3.81. The van der Waals surface area contributed by atoms with Crippen LogP contribution in [-0.2, 0) is 6.54 Å². The van der Waals surface area contributed by atoms with Gasteiger partial charge in [0, 0.05) is 68.2 Å². The second kappa shape index (κ2) is 8.41. The molecule has 1 aliphatic heterocycles. The number of pyridine rings is 3. The van der Waals surface area contributed by atoms with E-state index >= 15 is 0 Å². The highest BCUT2D eigenvalue weighted by molar-refractivity contribution is 5.66. The molecule has 1 saturated heterocycles. The van der Waals surface area contributed by atoms with Gasteiger partial charge in [-0.05, 0) is 30.8 Å². The van der Waals surface area contributed by atoms with Crippen LogP contribution in [0.5, 0.6) is 5.88 Å². The molecule has 0 N–H and O–H groups in total. The van der Waals surface area contributed by atoms with E-state index in [1.54, 1.807) is 7.11 Å². The normalized spacial score (nSPS) is 17.8. The van der Waals surface area contributed by atoms with Gasteiger partial charge in [0.15, 0.2) is 0 Å². The van der Waals surface area contributed by atoms with Crippen molar-refractivity contribution in [3.05, 3.63) is 72.4 Å². The van der Waals surface area contributed by atoms with Crippen LogP contribution in [0.1, 0.15) is 17.3 Å². The van der Waals surface area contributed by atoms with Gasteiger partial charge in [-0.25, -0.2) is 9.50 Å². The molecule has 1 atom stereocenters. The molecule has 1 aliphatic rings. The minimum atomic E-state index is 0.191. The molecule has 4 aromatic heterocycles. The van der Waals surface area contributed by atoms with E-state index in [2.05, 4.69) is 55.3 Å². The molecule has 158 valence electrons. The largest absolute Gasteiger partial charge is 0.481 e. The summed E-state index contributed by atoms with van der Waals surface area (Å²) in [7, 11) is 3.78. The van der Waals surface area contributed by atoms with Crippen molar-refractivity contribution < 1.29 is 4.74 Å². The van der Waals surface area contributed by atoms with Gasteiger partial charge in [-0.3, -0.25) is 14.8 Å². The lowest BCUT2D eigenvalue weighted by Crippen LogP contribution is -2.46. The van der Waals surface area contributed by atoms with Gasteiger partial charge in [-0.1, -0.05) is 17.3 Å². The molecule has 0 aromatic carbocycles. The fourth-order valence-corrected chi connectivity index (χ4v) is 4.11. The first-order valence-corrected chi connectivity index (χ1v) is 10.4. The molecule has 1 fully saturated rings. The highest BCUT2D eigenvalue weighted by atomic mass is 16.5. The van der Waals surface area contributed by atoms with Crippen LogP contribution in [0.25, 0.3) is 16.6 Å². The maximum absolute atomic E-state index is 5.15. The van der Waals surface area contributed by atoms with Gasteiger partial charge in [-0.2, -0.15) is 0 Å². The number of nitrogens with zero attached hydrogens (tertiary/aromatic N) is 7. The minimum absolute atomic E-state index is 0.191. The first-order valence-electron chi connectivity index (χ1n) is 10.4. The lowest BCUT2D eigenvalue weighted by Gasteiger charge is -2.38. The van der Waals surface area contributed by atoms with Crippen molar-refractivity contribution in [3.63, 3.8) is 0 Å². The van der Waals surface area contributed by atoms with Gasteiger partial charge >= 0.3 is 0 Å². The Balaban J connectivity index is 1.39. The summed E-state index contributed by atoms with van der Waals surface area (Å²) in [5.74, 6) is 0.601. The first-order chi connectivity index (χ1) is 15.2. The van der Waals surface area contributed by atoms with E-state index in [0.29, 0.717) is 5.88 Å². The Morgan fingerprint density at radius 1 is 1.06 bits per heavy atom. The fourth-order valence-electron chi connectivity index (χ4n) is 4.11. The zero-order chi connectivity index (χ0) is 21.2. The number of hydrogen-bond donors (Lipinski definition) is 0. The van der Waals surface area contributed by atoms with Crippen molar-refractivity contribution in [1.29, 1.82) is 0 Å². The highest BCUT2D eigenvalue weighted by Crippen LogP contribution is 2.28. The summed E-state index contributed by atoms with van der Waals surface area (Å²) < 4.78 is 7.02. The molecule has 0 radical (unpaired) electrons. The van der Waals surface area contributed by atoms with E-state index in [4.69, 9.17) is 4.74 Å². The molecule has 1 unspecified atom stereocenters. The van der Waals surface area contributed by atoms with Gasteiger partial charge in [0.25, 0.3) is 0 Å². The molecule has 8 heteroatoms. The average molecular weight is 416 g/mol. The number of methoxy groups -OCH3 is 1. The van der Waals surface area contributed by atoms with Gasteiger partial charge in [-0.15, -0.1) is 5.10 Å². The molecular formula is C23H25N7O. The smallest absolute Gasteiger partial charge is 0.212 e. The summed E-state index contributed by atoms with van der Waals surface area (Å²) in [5.41, 5.74) is 5.32. The van der Waals surface area contributed by atoms with Crippen molar-refractivity contribution in [2.75, 3.05) is 33.8 Å². The number of rotatable bonds is 5. The van der Waals surface area contributed by atoms with Crippen LogP contribution in [0, 0.1) is 0 Å². The molecule has 4 aromatic rings.